The molecule has 0 aliphatic carbocycles. The van der Waals surface area contributed by atoms with E-state index in [1.54, 1.807) is 0 Å². The van der Waals surface area contributed by atoms with Gasteiger partial charge in [-0.15, -0.1) is 0 Å². The van der Waals surface area contributed by atoms with E-state index in [0.717, 1.165) is 0 Å². The van der Waals surface area contributed by atoms with Crippen molar-refractivity contribution in [2.75, 3.05) is 0 Å². The fourth-order valence-corrected chi connectivity index (χ4v) is 89.7. The number of rotatable bonds is 6. The van der Waals surface area contributed by atoms with Crippen LogP contribution in [-0.4, -0.2) is 48.4 Å². The summed E-state index contributed by atoms with van der Waals surface area (Å²) < 4.78 is 1.39. The molecule has 0 N–H and O–H groups in total. The molecule has 4 heterocycles. The van der Waals surface area contributed by atoms with Gasteiger partial charge in [0.05, 0.1) is 16.1 Å². The largest absolute Gasteiger partial charge is 0.111 e. The van der Waals surface area contributed by atoms with E-state index in [-0.39, 0.29) is 0 Å². The van der Waals surface area contributed by atoms with Crippen molar-refractivity contribution >= 4 is 58.8 Å². The van der Waals surface area contributed by atoms with Gasteiger partial charge >= 0.3 is 0 Å². The fraction of sp³-hybridized carbons (Fsp3) is 0.500. The highest BCUT2D eigenvalue weighted by Crippen LogP contribution is 3.14. The SMILES string of the molecule is C[Si](C)(C)C1=C([Si](C)(C)C)[Si]2(c3ccccc3)C3([Si](C)(C)C)C2([Si](C)(C)C)[Si]13c1ccccc1. The third-order valence-electron chi connectivity index (χ3n) is 9.85. The van der Waals surface area contributed by atoms with Crippen LogP contribution in [-0.2, 0) is 0 Å². The molecule has 0 aromatic heterocycles. The molecule has 0 spiro atoms. The van der Waals surface area contributed by atoms with Crippen LogP contribution in [0.4, 0.5) is 0 Å². The van der Waals surface area contributed by atoms with E-state index < -0.39 is 48.4 Å². The third-order valence-corrected chi connectivity index (χ3v) is 56.0. The van der Waals surface area contributed by atoms with Crippen LogP contribution in [0.1, 0.15) is 0 Å². The van der Waals surface area contributed by atoms with E-state index in [1.165, 1.54) is 0 Å². The summed E-state index contributed by atoms with van der Waals surface area (Å²) >= 11 is 0. The zero-order valence-electron chi connectivity index (χ0n) is 23.8. The Kier molecular flexibility index (Phi) is 4.93. The standard InChI is InChI=1S/C28H46Si6/c1-29(2,3)25-26(30(4,5)6)34(24-21-17-14-18-22-24)27(31(7,8)9)28(34,32(10,11)12)33(25,27)23-19-15-13-16-20-23/h13-22H,1-12H3. The van der Waals surface area contributed by atoms with Crippen molar-refractivity contribution in [1.82, 2.24) is 0 Å². The van der Waals surface area contributed by atoms with Crippen LogP contribution in [0.25, 0.3) is 0 Å². The highest BCUT2D eigenvalue weighted by Gasteiger charge is 3.20. The van der Waals surface area contributed by atoms with Crippen molar-refractivity contribution in [3.63, 3.8) is 0 Å². The van der Waals surface area contributed by atoms with Crippen LogP contribution in [0.5, 0.6) is 0 Å². The van der Waals surface area contributed by atoms with Gasteiger partial charge in [0.1, 0.15) is 16.1 Å². The molecule has 2 bridgehead atoms. The summed E-state index contributed by atoms with van der Waals surface area (Å²) in [5.74, 6) is 0. The molecule has 2 fully saturated rings. The predicted octanol–water partition coefficient (Wildman–Crippen LogP) is 7.18. The Bertz CT molecular complexity index is 1080. The summed E-state index contributed by atoms with van der Waals surface area (Å²) in [7, 11) is -9.75. The average Bonchev–Trinajstić information content (AvgIpc) is 3.42. The van der Waals surface area contributed by atoms with Gasteiger partial charge in [0.2, 0.25) is 0 Å². The molecule has 2 saturated heterocycles. The van der Waals surface area contributed by atoms with E-state index >= 15 is 0 Å². The van der Waals surface area contributed by atoms with E-state index in [1.807, 2.05) is 10.4 Å². The summed E-state index contributed by atoms with van der Waals surface area (Å²) in [4.78, 5) is 4.40. The van der Waals surface area contributed by atoms with Gasteiger partial charge in [-0.2, -0.15) is 0 Å². The Balaban J connectivity index is 2.06. The maximum absolute atomic E-state index is 2.80. The molecular formula is C28H46Si6. The fourth-order valence-electron chi connectivity index (χ4n) is 10.5. The highest BCUT2D eigenvalue weighted by atomic mass is 28.6. The molecule has 6 heteroatoms. The smallest absolute Gasteiger partial charge is 0.0939 e. The lowest BCUT2D eigenvalue weighted by atomic mass is 10.4. The van der Waals surface area contributed by atoms with Gasteiger partial charge in [-0.25, -0.2) is 0 Å². The lowest BCUT2D eigenvalue weighted by Crippen LogP contribution is -2.67. The van der Waals surface area contributed by atoms with Crippen LogP contribution >= 0.6 is 0 Å². The normalized spacial score (nSPS) is 34.8. The first-order chi connectivity index (χ1) is 15.4. The minimum Gasteiger partial charge on any atom is -0.0939 e. The summed E-state index contributed by atoms with van der Waals surface area (Å²) in [6.45, 7) is 33.1. The van der Waals surface area contributed by atoms with Crippen molar-refractivity contribution in [2.45, 2.75) is 87.1 Å². The van der Waals surface area contributed by atoms with Gasteiger partial charge in [-0.1, -0.05) is 159 Å². The Morgan fingerprint density at radius 3 is 0.912 bits per heavy atom. The van der Waals surface area contributed by atoms with Crippen LogP contribution in [0.15, 0.2) is 70.3 Å². The number of hydrogen-bond donors (Lipinski definition) is 0. The van der Waals surface area contributed by atoms with Crippen molar-refractivity contribution in [3.05, 3.63) is 70.3 Å². The Labute approximate surface area is 215 Å². The summed E-state index contributed by atoms with van der Waals surface area (Å²) in [6, 6.07) is 24.5. The molecule has 4 aliphatic heterocycles. The van der Waals surface area contributed by atoms with Crippen LogP contribution in [0.2, 0.25) is 87.1 Å². The molecule has 0 nitrogen and oxygen atoms in total. The zero-order chi connectivity index (χ0) is 25.4. The minimum absolute atomic E-state index is 0.693. The van der Waals surface area contributed by atoms with Crippen molar-refractivity contribution in [2.24, 2.45) is 0 Å². The summed E-state index contributed by atoms with van der Waals surface area (Å²) in [5, 5.41) is 3.68. The van der Waals surface area contributed by atoms with Crippen LogP contribution < -0.4 is 10.4 Å². The van der Waals surface area contributed by atoms with Gasteiger partial charge < -0.3 is 0 Å². The Morgan fingerprint density at radius 2 is 0.706 bits per heavy atom. The topological polar surface area (TPSA) is 0 Å². The monoisotopic (exact) mass is 550 g/mol. The molecule has 2 aromatic rings. The lowest BCUT2D eigenvalue weighted by molar-refractivity contribution is 1.27. The Hall–Kier alpha value is -0.519. The molecular weight excluding hydrogens is 505 g/mol. The minimum atomic E-state index is -1.84. The molecule has 182 valence electrons. The molecule has 6 rings (SSSR count). The number of hydrogen-bond acceptors (Lipinski definition) is 0. The molecule has 2 aromatic carbocycles. The quantitative estimate of drug-likeness (QED) is 0.334. The maximum atomic E-state index is 2.80. The second kappa shape index (κ2) is 6.67. The molecule has 0 unspecified atom stereocenters. The van der Waals surface area contributed by atoms with Crippen molar-refractivity contribution < 1.29 is 0 Å². The molecule has 0 saturated carbocycles. The molecule has 4 aliphatic rings. The van der Waals surface area contributed by atoms with E-state index in [2.05, 4.69) is 149 Å². The van der Waals surface area contributed by atoms with Crippen molar-refractivity contribution in [1.29, 1.82) is 0 Å². The first kappa shape index (κ1) is 25.1. The summed E-state index contributed by atoms with van der Waals surface area (Å²) in [5.41, 5.74) is 0. The van der Waals surface area contributed by atoms with Crippen LogP contribution in [0.3, 0.4) is 0 Å². The predicted molar refractivity (Wildman–Crippen MR) is 169 cm³/mol. The maximum Gasteiger partial charge on any atom is 0.111 e. The van der Waals surface area contributed by atoms with Gasteiger partial charge in [-0.3, -0.25) is 0 Å². The highest BCUT2D eigenvalue weighted by molar-refractivity contribution is 7.68. The van der Waals surface area contributed by atoms with Gasteiger partial charge in [0, 0.05) is 16.1 Å². The van der Waals surface area contributed by atoms with Gasteiger partial charge in [0.25, 0.3) is 0 Å². The number of benzene rings is 2. The zero-order valence-corrected chi connectivity index (χ0v) is 29.8. The van der Waals surface area contributed by atoms with Gasteiger partial charge in [0.15, 0.2) is 0 Å². The van der Waals surface area contributed by atoms with Crippen LogP contribution in [0, 0.1) is 0 Å². The Morgan fingerprint density at radius 1 is 0.441 bits per heavy atom. The molecule has 0 amide bonds. The van der Waals surface area contributed by atoms with E-state index in [0.29, 0.717) is 8.57 Å². The average molecular weight is 551 g/mol. The second-order valence-corrected chi connectivity index (χ2v) is 48.1. The molecule has 34 heavy (non-hydrogen) atoms. The van der Waals surface area contributed by atoms with Crippen molar-refractivity contribution in [3.8, 4) is 0 Å². The molecule has 0 radical (unpaired) electrons. The third kappa shape index (κ3) is 2.23. The van der Waals surface area contributed by atoms with E-state index in [9.17, 15) is 0 Å². The first-order valence-corrected chi connectivity index (χ1v) is 31.3. The molecule has 0 atom stereocenters. The van der Waals surface area contributed by atoms with Gasteiger partial charge in [-0.05, 0) is 8.57 Å². The van der Waals surface area contributed by atoms with E-state index in [4.69, 9.17) is 0 Å². The summed E-state index contributed by atoms with van der Waals surface area (Å²) in [6.07, 6.45) is 0. The first-order valence-electron chi connectivity index (χ1n) is 13.3. The second-order valence-electron chi connectivity index (χ2n) is 15.5. The lowest BCUT2D eigenvalue weighted by Gasteiger charge is -2.44.